The molecule has 0 saturated carbocycles. The zero-order valence-corrected chi connectivity index (χ0v) is 13.1. The molecule has 23 heavy (non-hydrogen) atoms. The molecule has 2 aromatic heterocycles. The van der Waals surface area contributed by atoms with E-state index in [1.54, 1.807) is 18.7 Å². The molecule has 2 aliphatic rings. The number of nitrogens with one attached hydrogen (secondary N) is 1. The Balaban J connectivity index is 1.37. The van der Waals surface area contributed by atoms with E-state index in [0.29, 0.717) is 12.6 Å². The molecule has 4 rings (SSSR count). The first-order chi connectivity index (χ1) is 11.3. The number of hydrogen-bond acceptors (Lipinski definition) is 6. The topological polar surface area (TPSA) is 63.4 Å². The molecule has 1 N–H and O–H groups in total. The van der Waals surface area contributed by atoms with Gasteiger partial charge in [-0.05, 0) is 37.6 Å². The number of rotatable bonds is 4. The van der Waals surface area contributed by atoms with Crippen molar-refractivity contribution in [2.24, 2.45) is 0 Å². The molecule has 122 valence electrons. The van der Waals surface area contributed by atoms with Crippen LogP contribution in [0.3, 0.4) is 0 Å². The van der Waals surface area contributed by atoms with Crippen LogP contribution >= 0.6 is 0 Å². The smallest absolute Gasteiger partial charge is 0.222 e. The van der Waals surface area contributed by atoms with Crippen LogP contribution in [0.25, 0.3) is 0 Å². The Labute approximate surface area is 135 Å². The van der Waals surface area contributed by atoms with Crippen molar-refractivity contribution < 1.29 is 9.15 Å². The molecule has 4 heterocycles. The third-order valence-electron chi connectivity index (χ3n) is 4.69. The first-order valence-electron chi connectivity index (χ1n) is 8.24. The highest BCUT2D eigenvalue weighted by atomic mass is 16.5. The summed E-state index contributed by atoms with van der Waals surface area (Å²) in [6, 6.07) is 6.08. The highest BCUT2D eigenvalue weighted by Crippen LogP contribution is 2.35. The van der Waals surface area contributed by atoms with Gasteiger partial charge in [0.25, 0.3) is 0 Å². The van der Waals surface area contributed by atoms with Crippen molar-refractivity contribution in [1.82, 2.24) is 14.9 Å². The normalized spacial score (nSPS) is 28.3. The Morgan fingerprint density at radius 1 is 1.30 bits per heavy atom. The Kier molecular flexibility index (Phi) is 4.01. The molecule has 0 aliphatic carbocycles. The summed E-state index contributed by atoms with van der Waals surface area (Å²) in [6.45, 7) is 3.64. The molecule has 0 bridgehead atoms. The van der Waals surface area contributed by atoms with E-state index in [9.17, 15) is 0 Å². The summed E-state index contributed by atoms with van der Waals surface area (Å²) < 4.78 is 11.7. The van der Waals surface area contributed by atoms with E-state index in [4.69, 9.17) is 9.15 Å². The van der Waals surface area contributed by atoms with E-state index < -0.39 is 0 Å². The Morgan fingerprint density at radius 2 is 2.22 bits per heavy atom. The fraction of sp³-hybridized carbons (Fsp3) is 0.529. The molecule has 2 aromatic rings. The average molecular weight is 314 g/mol. The van der Waals surface area contributed by atoms with Crippen LogP contribution in [-0.2, 0) is 11.3 Å². The second kappa shape index (κ2) is 6.29. The van der Waals surface area contributed by atoms with Gasteiger partial charge in [-0.25, -0.2) is 9.97 Å². The molecule has 2 saturated heterocycles. The number of aromatic nitrogens is 2. The van der Waals surface area contributed by atoms with Crippen molar-refractivity contribution in [2.75, 3.05) is 25.0 Å². The van der Waals surface area contributed by atoms with E-state index in [-0.39, 0.29) is 11.6 Å². The van der Waals surface area contributed by atoms with Gasteiger partial charge in [-0.2, -0.15) is 0 Å². The number of piperidine rings is 1. The summed E-state index contributed by atoms with van der Waals surface area (Å²) in [5.74, 6) is 1.70. The zero-order chi connectivity index (χ0) is 15.5. The Morgan fingerprint density at radius 3 is 3.04 bits per heavy atom. The lowest BCUT2D eigenvalue weighted by atomic mass is 9.88. The van der Waals surface area contributed by atoms with Gasteiger partial charge in [-0.15, -0.1) is 0 Å². The van der Waals surface area contributed by atoms with E-state index in [2.05, 4.69) is 20.2 Å². The lowest BCUT2D eigenvalue weighted by molar-refractivity contribution is -0.0544. The molecule has 0 aromatic carbocycles. The van der Waals surface area contributed by atoms with Gasteiger partial charge in [-0.3, -0.25) is 4.90 Å². The highest BCUT2D eigenvalue weighted by Gasteiger charge is 2.43. The third-order valence-corrected chi connectivity index (χ3v) is 4.69. The lowest BCUT2D eigenvalue weighted by Gasteiger charge is -2.39. The second-order valence-corrected chi connectivity index (χ2v) is 6.51. The predicted octanol–water partition coefficient (Wildman–Crippen LogP) is 2.31. The van der Waals surface area contributed by atoms with E-state index in [1.165, 1.54) is 0 Å². The molecular formula is C17H22N4O2. The number of furan rings is 1. The summed E-state index contributed by atoms with van der Waals surface area (Å²) in [6.07, 6.45) is 8.53. The van der Waals surface area contributed by atoms with Crippen LogP contribution < -0.4 is 5.32 Å². The maximum Gasteiger partial charge on any atom is 0.222 e. The summed E-state index contributed by atoms with van der Waals surface area (Å²) >= 11 is 0. The molecule has 0 amide bonds. The van der Waals surface area contributed by atoms with Crippen LogP contribution in [0.1, 0.15) is 25.0 Å². The average Bonchev–Trinajstić information content (AvgIpc) is 3.19. The summed E-state index contributed by atoms with van der Waals surface area (Å²) in [7, 11) is 0. The van der Waals surface area contributed by atoms with Crippen molar-refractivity contribution in [2.45, 2.75) is 37.5 Å². The number of likely N-dealkylation sites (tertiary alicyclic amines) is 1. The van der Waals surface area contributed by atoms with Crippen molar-refractivity contribution in [3.8, 4) is 0 Å². The SMILES string of the molecule is c1cnc(N[C@@H]2CO[C@@]3(CCCN(Cc4ccco4)C3)C2)nc1. The van der Waals surface area contributed by atoms with Gasteiger partial charge < -0.3 is 14.5 Å². The minimum absolute atomic E-state index is 0.0444. The standard InChI is InChI=1S/C17H22N4O2/c1-4-15(22-9-1)11-21-8-2-5-17(13-21)10-14(12-23-17)20-16-18-6-3-7-19-16/h1,3-4,6-7,9,14H,2,5,8,10-13H2,(H,18,19,20)/t14-,17-/m0/s1. The molecule has 2 aliphatic heterocycles. The van der Waals surface area contributed by atoms with Gasteiger partial charge in [0, 0.05) is 25.4 Å². The summed E-state index contributed by atoms with van der Waals surface area (Å²) in [5, 5.41) is 3.39. The second-order valence-electron chi connectivity index (χ2n) is 6.51. The van der Waals surface area contributed by atoms with Gasteiger partial charge in [0.2, 0.25) is 5.95 Å². The van der Waals surface area contributed by atoms with Gasteiger partial charge in [-0.1, -0.05) is 0 Å². The molecule has 2 fully saturated rings. The van der Waals surface area contributed by atoms with E-state index in [0.717, 1.165) is 44.7 Å². The van der Waals surface area contributed by atoms with Crippen LogP contribution in [0.4, 0.5) is 5.95 Å². The fourth-order valence-corrected chi connectivity index (χ4v) is 3.73. The molecule has 1 spiro atoms. The van der Waals surface area contributed by atoms with Crippen LogP contribution in [0.2, 0.25) is 0 Å². The monoisotopic (exact) mass is 314 g/mol. The minimum atomic E-state index is -0.0444. The van der Waals surface area contributed by atoms with Crippen molar-refractivity contribution in [3.05, 3.63) is 42.6 Å². The van der Waals surface area contributed by atoms with Gasteiger partial charge in [0.1, 0.15) is 5.76 Å². The lowest BCUT2D eigenvalue weighted by Crippen LogP contribution is -2.47. The van der Waals surface area contributed by atoms with Crippen LogP contribution in [0, 0.1) is 0 Å². The van der Waals surface area contributed by atoms with Crippen molar-refractivity contribution in [3.63, 3.8) is 0 Å². The zero-order valence-electron chi connectivity index (χ0n) is 13.1. The number of ether oxygens (including phenoxy) is 1. The quantitative estimate of drug-likeness (QED) is 0.934. The Bertz CT molecular complexity index is 619. The highest BCUT2D eigenvalue weighted by molar-refractivity contribution is 5.25. The fourth-order valence-electron chi connectivity index (χ4n) is 3.73. The molecule has 0 radical (unpaired) electrons. The maximum atomic E-state index is 6.23. The number of anilines is 1. The molecule has 0 unspecified atom stereocenters. The Hall–Kier alpha value is -1.92. The minimum Gasteiger partial charge on any atom is -0.468 e. The third kappa shape index (κ3) is 3.38. The first kappa shape index (κ1) is 14.7. The van der Waals surface area contributed by atoms with Crippen LogP contribution in [-0.4, -0.2) is 46.2 Å². The molecule has 2 atom stereocenters. The maximum absolute atomic E-state index is 6.23. The first-order valence-corrected chi connectivity index (χ1v) is 8.24. The van der Waals surface area contributed by atoms with Crippen molar-refractivity contribution >= 4 is 5.95 Å². The van der Waals surface area contributed by atoms with E-state index >= 15 is 0 Å². The molecule has 6 heteroatoms. The molecule has 6 nitrogen and oxygen atoms in total. The van der Waals surface area contributed by atoms with Crippen LogP contribution in [0.15, 0.2) is 41.3 Å². The van der Waals surface area contributed by atoms with Gasteiger partial charge in [0.05, 0.1) is 31.1 Å². The van der Waals surface area contributed by atoms with Gasteiger partial charge in [0.15, 0.2) is 0 Å². The van der Waals surface area contributed by atoms with Crippen LogP contribution in [0.5, 0.6) is 0 Å². The van der Waals surface area contributed by atoms with E-state index in [1.807, 2.05) is 18.2 Å². The predicted molar refractivity (Wildman–Crippen MR) is 86.0 cm³/mol. The number of nitrogens with zero attached hydrogens (tertiary/aromatic N) is 3. The van der Waals surface area contributed by atoms with Gasteiger partial charge >= 0.3 is 0 Å². The largest absolute Gasteiger partial charge is 0.468 e. The summed E-state index contributed by atoms with van der Waals surface area (Å²) in [4.78, 5) is 10.9. The molecular weight excluding hydrogens is 292 g/mol. The van der Waals surface area contributed by atoms with Crippen molar-refractivity contribution in [1.29, 1.82) is 0 Å². The summed E-state index contributed by atoms with van der Waals surface area (Å²) in [5.41, 5.74) is -0.0444. The number of hydrogen-bond donors (Lipinski definition) is 1.